The first-order chi connectivity index (χ1) is 15.7. The second kappa shape index (κ2) is 11.8. The van der Waals surface area contributed by atoms with Crippen LogP contribution in [0.4, 0.5) is 0 Å². The highest BCUT2D eigenvalue weighted by Gasteiger charge is 2.23. The number of ketones is 1. The Morgan fingerprint density at radius 2 is 1.28 bits per heavy atom. The molecule has 0 saturated carbocycles. The quantitative estimate of drug-likeness (QED) is 0.128. The summed E-state index contributed by atoms with van der Waals surface area (Å²) in [6.07, 6.45) is 14.9. The fourth-order valence-electron chi connectivity index (χ4n) is 4.87. The van der Waals surface area contributed by atoms with Gasteiger partial charge in [-0.15, -0.1) is 34.0 Å². The zero-order valence-corrected chi connectivity index (χ0v) is 22.0. The van der Waals surface area contributed by atoms with Crippen LogP contribution in [0.5, 0.6) is 0 Å². The zero-order chi connectivity index (χ0) is 22.3. The lowest BCUT2D eigenvalue weighted by Gasteiger charge is -2.15. The average Bonchev–Trinajstić information content (AvgIpc) is 3.54. The van der Waals surface area contributed by atoms with Gasteiger partial charge in [0.1, 0.15) is 0 Å². The summed E-state index contributed by atoms with van der Waals surface area (Å²) in [5.74, 6) is 0.602. The van der Waals surface area contributed by atoms with Gasteiger partial charge in [-0.3, -0.25) is 4.79 Å². The molecule has 1 atom stereocenters. The van der Waals surface area contributed by atoms with Crippen molar-refractivity contribution in [1.29, 1.82) is 0 Å². The van der Waals surface area contributed by atoms with E-state index in [9.17, 15) is 4.79 Å². The van der Waals surface area contributed by atoms with Gasteiger partial charge in [0.05, 0.1) is 14.3 Å². The predicted molar refractivity (Wildman–Crippen MR) is 147 cm³/mol. The number of thiophene rings is 3. The molecular weight excluding hydrogens is 449 g/mol. The standard InChI is InChI=1S/C28H36OS3/c1-3-5-7-9-10-12-14-20(13-11-8-6-4-2)25(29)24-19-23-21-15-17-30-27(21)28-22(16-18-31-28)26(23)32-24/h15-20H,3-14H2,1-2H3. The Bertz CT molecular complexity index is 1080. The summed E-state index contributed by atoms with van der Waals surface area (Å²) in [7, 11) is 0. The van der Waals surface area contributed by atoms with Crippen molar-refractivity contribution in [2.75, 3.05) is 0 Å². The lowest BCUT2D eigenvalue weighted by Crippen LogP contribution is -2.14. The Balaban J connectivity index is 1.54. The van der Waals surface area contributed by atoms with Crippen LogP contribution in [-0.2, 0) is 0 Å². The molecule has 1 aromatic carbocycles. The van der Waals surface area contributed by atoms with Crippen LogP contribution in [0.1, 0.15) is 101 Å². The molecule has 1 nitrogen and oxygen atoms in total. The van der Waals surface area contributed by atoms with Crippen molar-refractivity contribution in [2.45, 2.75) is 90.9 Å². The molecule has 3 aromatic heterocycles. The van der Waals surface area contributed by atoms with E-state index in [1.807, 2.05) is 22.7 Å². The van der Waals surface area contributed by atoms with Crippen molar-refractivity contribution in [3.63, 3.8) is 0 Å². The molecule has 0 fully saturated rings. The maximum atomic E-state index is 13.7. The fourth-order valence-corrected chi connectivity index (χ4v) is 8.16. The molecule has 0 bridgehead atoms. The number of Topliss-reactive ketones (excluding diaryl/α,β-unsaturated/α-hetero) is 1. The van der Waals surface area contributed by atoms with Crippen molar-refractivity contribution in [3.8, 4) is 0 Å². The molecule has 0 radical (unpaired) electrons. The Morgan fingerprint density at radius 1 is 0.719 bits per heavy atom. The Morgan fingerprint density at radius 3 is 1.97 bits per heavy atom. The van der Waals surface area contributed by atoms with Crippen molar-refractivity contribution >= 4 is 70.1 Å². The highest BCUT2D eigenvalue weighted by atomic mass is 32.1. The Hall–Kier alpha value is -1.23. The molecule has 0 N–H and O–H groups in total. The van der Waals surface area contributed by atoms with Crippen molar-refractivity contribution < 1.29 is 4.79 Å². The molecule has 32 heavy (non-hydrogen) atoms. The van der Waals surface area contributed by atoms with E-state index in [2.05, 4.69) is 42.8 Å². The molecule has 0 spiro atoms. The van der Waals surface area contributed by atoms with Gasteiger partial charge in [-0.05, 0) is 41.8 Å². The number of carbonyl (C=O) groups excluding carboxylic acids is 1. The molecule has 4 heteroatoms. The molecule has 0 amide bonds. The van der Waals surface area contributed by atoms with E-state index in [1.54, 1.807) is 11.3 Å². The van der Waals surface area contributed by atoms with Crippen LogP contribution in [0.15, 0.2) is 29.0 Å². The maximum absolute atomic E-state index is 13.7. The van der Waals surface area contributed by atoms with E-state index in [0.717, 1.165) is 17.7 Å². The molecule has 4 aromatic rings. The lowest BCUT2D eigenvalue weighted by molar-refractivity contribution is 0.0906. The molecule has 172 valence electrons. The second-order valence-corrected chi connectivity index (χ2v) is 12.0. The molecule has 0 aliphatic heterocycles. The summed E-state index contributed by atoms with van der Waals surface area (Å²) in [6, 6.07) is 6.70. The Labute approximate surface area is 204 Å². The molecule has 0 aliphatic carbocycles. The molecule has 0 saturated heterocycles. The molecular formula is C28H36OS3. The number of hydrogen-bond acceptors (Lipinski definition) is 4. The van der Waals surface area contributed by atoms with Gasteiger partial charge in [0.2, 0.25) is 0 Å². The van der Waals surface area contributed by atoms with Crippen molar-refractivity contribution in [2.24, 2.45) is 5.92 Å². The summed E-state index contributed by atoms with van der Waals surface area (Å²) in [5, 5.41) is 8.33. The van der Waals surface area contributed by atoms with Crippen molar-refractivity contribution in [1.82, 2.24) is 0 Å². The molecule has 3 heterocycles. The number of fused-ring (bicyclic) bond motifs is 6. The van der Waals surface area contributed by atoms with E-state index < -0.39 is 0 Å². The largest absolute Gasteiger partial charge is 0.293 e. The third kappa shape index (κ3) is 5.29. The van der Waals surface area contributed by atoms with Crippen LogP contribution >= 0.6 is 34.0 Å². The minimum Gasteiger partial charge on any atom is -0.293 e. The maximum Gasteiger partial charge on any atom is 0.175 e. The highest BCUT2D eigenvalue weighted by molar-refractivity contribution is 7.28. The van der Waals surface area contributed by atoms with Gasteiger partial charge in [0.15, 0.2) is 5.78 Å². The summed E-state index contributed by atoms with van der Waals surface area (Å²) >= 11 is 5.39. The van der Waals surface area contributed by atoms with Crippen LogP contribution in [0, 0.1) is 5.92 Å². The summed E-state index contributed by atoms with van der Waals surface area (Å²) in [4.78, 5) is 14.7. The number of unbranched alkanes of at least 4 members (excludes halogenated alkanes) is 8. The minimum absolute atomic E-state index is 0.196. The van der Waals surface area contributed by atoms with Gasteiger partial charge in [0.25, 0.3) is 0 Å². The molecule has 0 aliphatic rings. The third-order valence-corrected chi connectivity index (χ3v) is 9.91. The lowest BCUT2D eigenvalue weighted by atomic mass is 9.90. The SMILES string of the molecule is CCCCCCCCC(CCCCCC)C(=O)c1cc2c3ccsc3c3sccc3c2s1. The Kier molecular flexibility index (Phi) is 8.79. The third-order valence-electron chi connectivity index (χ3n) is 6.73. The first-order valence-electron chi connectivity index (χ1n) is 12.6. The number of rotatable bonds is 14. The van der Waals surface area contributed by atoms with Crippen LogP contribution < -0.4 is 0 Å². The second-order valence-electron chi connectivity index (χ2n) is 9.15. The fraction of sp³-hybridized carbons (Fsp3) is 0.536. The summed E-state index contributed by atoms with van der Waals surface area (Å²) < 4.78 is 4.06. The number of benzene rings is 1. The first-order valence-corrected chi connectivity index (χ1v) is 15.2. The molecule has 1 unspecified atom stereocenters. The summed E-state index contributed by atoms with van der Waals surface area (Å²) in [5.41, 5.74) is 0. The zero-order valence-electron chi connectivity index (χ0n) is 19.6. The van der Waals surface area contributed by atoms with Gasteiger partial charge in [-0.1, -0.05) is 78.1 Å². The van der Waals surface area contributed by atoms with E-state index in [4.69, 9.17) is 0 Å². The van der Waals surface area contributed by atoms with Crippen LogP contribution in [0.2, 0.25) is 0 Å². The predicted octanol–water partition coefficient (Wildman–Crippen LogP) is 10.9. The first kappa shape index (κ1) is 23.9. The van der Waals surface area contributed by atoms with E-state index >= 15 is 0 Å². The number of hydrogen-bond donors (Lipinski definition) is 0. The van der Waals surface area contributed by atoms with Crippen molar-refractivity contribution in [3.05, 3.63) is 33.8 Å². The molecule has 4 rings (SSSR count). The average molecular weight is 485 g/mol. The monoisotopic (exact) mass is 484 g/mol. The smallest absolute Gasteiger partial charge is 0.175 e. The van der Waals surface area contributed by atoms with Crippen LogP contribution in [-0.4, -0.2) is 5.78 Å². The van der Waals surface area contributed by atoms with Crippen LogP contribution in [0.25, 0.3) is 30.3 Å². The number of carbonyl (C=O) groups is 1. The van der Waals surface area contributed by atoms with E-state index in [0.29, 0.717) is 5.78 Å². The van der Waals surface area contributed by atoms with Crippen LogP contribution in [0.3, 0.4) is 0 Å². The highest BCUT2D eigenvalue weighted by Crippen LogP contribution is 2.44. The normalized spacial score (nSPS) is 12.9. The topological polar surface area (TPSA) is 17.1 Å². The summed E-state index contributed by atoms with van der Waals surface area (Å²) in [6.45, 7) is 4.52. The van der Waals surface area contributed by atoms with Gasteiger partial charge in [-0.2, -0.15) is 0 Å². The van der Waals surface area contributed by atoms with E-state index in [-0.39, 0.29) is 5.92 Å². The van der Waals surface area contributed by atoms with E-state index in [1.165, 1.54) is 94.5 Å². The van der Waals surface area contributed by atoms with Gasteiger partial charge in [-0.25, -0.2) is 0 Å². The minimum atomic E-state index is 0.196. The van der Waals surface area contributed by atoms with Gasteiger partial charge >= 0.3 is 0 Å². The van der Waals surface area contributed by atoms with Gasteiger partial charge in [0, 0.05) is 26.8 Å². The van der Waals surface area contributed by atoms with Gasteiger partial charge < -0.3 is 0 Å².